The Kier molecular flexibility index (Phi) is 5.71. The highest BCUT2D eigenvalue weighted by molar-refractivity contribution is 5.68. The Morgan fingerprint density at radius 2 is 1.85 bits per heavy atom. The predicted molar refractivity (Wildman–Crippen MR) is 53.4 cm³/mol. The van der Waals surface area contributed by atoms with Crippen LogP contribution in [0.4, 0.5) is 0 Å². The maximum absolute atomic E-state index is 10.7. The molecule has 0 spiro atoms. The van der Waals surface area contributed by atoms with Gasteiger partial charge in [0.1, 0.15) is 0 Å². The van der Waals surface area contributed by atoms with Crippen molar-refractivity contribution in [1.82, 2.24) is 0 Å². The van der Waals surface area contributed by atoms with E-state index in [4.69, 9.17) is 4.74 Å². The van der Waals surface area contributed by atoms with Gasteiger partial charge in [0, 0.05) is 6.42 Å². The smallest absolute Gasteiger partial charge is 0.305 e. The monoisotopic (exact) mass is 188 g/mol. The van der Waals surface area contributed by atoms with Crippen molar-refractivity contribution in [3.8, 4) is 0 Å². The van der Waals surface area contributed by atoms with Crippen LogP contribution in [-0.4, -0.2) is 44.7 Å². The topological polar surface area (TPSA) is 26.3 Å². The third-order valence-electron chi connectivity index (χ3n) is 1.77. The van der Waals surface area contributed by atoms with Crippen molar-refractivity contribution >= 4 is 5.97 Å². The van der Waals surface area contributed by atoms with Gasteiger partial charge in [-0.15, -0.1) is 0 Å². The third kappa shape index (κ3) is 9.34. The first-order valence-corrected chi connectivity index (χ1v) is 4.92. The van der Waals surface area contributed by atoms with Gasteiger partial charge in [-0.3, -0.25) is 4.79 Å². The highest BCUT2D eigenvalue weighted by Crippen LogP contribution is 1.98. The number of esters is 1. The summed E-state index contributed by atoms with van der Waals surface area (Å²) in [5, 5.41) is 0. The molecule has 0 saturated heterocycles. The van der Waals surface area contributed by atoms with Crippen LogP contribution < -0.4 is 0 Å². The van der Waals surface area contributed by atoms with Crippen molar-refractivity contribution in [1.29, 1.82) is 0 Å². The Morgan fingerprint density at radius 1 is 1.23 bits per heavy atom. The summed E-state index contributed by atoms with van der Waals surface area (Å²) < 4.78 is 5.93. The molecule has 78 valence electrons. The zero-order chi connectivity index (χ0) is 10.3. The lowest BCUT2D eigenvalue weighted by molar-refractivity contribution is -0.870. The van der Waals surface area contributed by atoms with Crippen LogP contribution in [0.25, 0.3) is 0 Å². The molecule has 0 amide bonds. The molecule has 0 aliphatic heterocycles. The maximum atomic E-state index is 10.7. The summed E-state index contributed by atoms with van der Waals surface area (Å²) in [4.78, 5) is 10.7. The standard InChI is InChI=1S/C10H22NO2/c1-5-10(12)13-9-7-6-8-11(2,3)4/h5-9H2,1-4H3/q+1. The molecule has 0 fully saturated rings. The van der Waals surface area contributed by atoms with Crippen LogP contribution >= 0.6 is 0 Å². The molecule has 0 atom stereocenters. The van der Waals surface area contributed by atoms with Gasteiger partial charge < -0.3 is 9.22 Å². The van der Waals surface area contributed by atoms with Gasteiger partial charge in [0.25, 0.3) is 0 Å². The second-order valence-electron chi connectivity index (χ2n) is 4.30. The molecular formula is C10H22NO2+. The van der Waals surface area contributed by atoms with E-state index in [2.05, 4.69) is 21.1 Å². The number of carbonyl (C=O) groups excluding carboxylic acids is 1. The van der Waals surface area contributed by atoms with Gasteiger partial charge in [0.05, 0.1) is 34.3 Å². The first-order chi connectivity index (χ1) is 5.95. The average molecular weight is 188 g/mol. The number of quaternary nitrogens is 1. The van der Waals surface area contributed by atoms with Crippen molar-refractivity contribution in [2.75, 3.05) is 34.3 Å². The molecule has 0 unspecified atom stereocenters. The Hall–Kier alpha value is -0.570. The van der Waals surface area contributed by atoms with Crippen molar-refractivity contribution in [2.24, 2.45) is 0 Å². The van der Waals surface area contributed by atoms with Gasteiger partial charge >= 0.3 is 5.97 Å². The molecule has 0 aromatic carbocycles. The Labute approximate surface area is 81.3 Å². The number of unbranched alkanes of at least 4 members (excludes halogenated alkanes) is 1. The summed E-state index contributed by atoms with van der Waals surface area (Å²) in [5.74, 6) is -0.0924. The fourth-order valence-corrected chi connectivity index (χ4v) is 0.976. The van der Waals surface area contributed by atoms with Gasteiger partial charge in [-0.2, -0.15) is 0 Å². The lowest BCUT2D eigenvalue weighted by Gasteiger charge is -2.23. The third-order valence-corrected chi connectivity index (χ3v) is 1.77. The van der Waals surface area contributed by atoms with Crippen molar-refractivity contribution in [2.45, 2.75) is 26.2 Å². The summed E-state index contributed by atoms with van der Waals surface area (Å²) in [7, 11) is 6.49. The minimum absolute atomic E-state index is 0.0924. The molecule has 0 bridgehead atoms. The molecular weight excluding hydrogens is 166 g/mol. The number of hydrogen-bond donors (Lipinski definition) is 0. The molecule has 13 heavy (non-hydrogen) atoms. The number of nitrogens with zero attached hydrogens (tertiary/aromatic N) is 1. The molecule has 3 heteroatoms. The lowest BCUT2D eigenvalue weighted by Crippen LogP contribution is -2.35. The van der Waals surface area contributed by atoms with Crippen LogP contribution in [0.5, 0.6) is 0 Å². The van der Waals surface area contributed by atoms with Crippen LogP contribution in [0.3, 0.4) is 0 Å². The quantitative estimate of drug-likeness (QED) is 0.358. The van der Waals surface area contributed by atoms with E-state index in [1.807, 2.05) is 6.92 Å². The zero-order valence-electron chi connectivity index (χ0n) is 9.30. The van der Waals surface area contributed by atoms with Crippen molar-refractivity contribution < 1.29 is 14.0 Å². The molecule has 0 aromatic rings. The molecule has 0 rings (SSSR count). The van der Waals surface area contributed by atoms with Gasteiger partial charge in [0.15, 0.2) is 0 Å². The van der Waals surface area contributed by atoms with Crippen LogP contribution in [0.1, 0.15) is 26.2 Å². The van der Waals surface area contributed by atoms with E-state index in [-0.39, 0.29) is 5.97 Å². The molecule has 0 heterocycles. The SMILES string of the molecule is CCC(=O)OCCCC[N+](C)(C)C. The average Bonchev–Trinajstić information content (AvgIpc) is 2.01. The number of rotatable bonds is 6. The lowest BCUT2D eigenvalue weighted by atomic mass is 10.3. The molecule has 0 saturated carbocycles. The minimum Gasteiger partial charge on any atom is -0.466 e. The number of carbonyl (C=O) groups is 1. The van der Waals surface area contributed by atoms with E-state index in [1.54, 1.807) is 0 Å². The molecule has 0 aromatic heterocycles. The number of hydrogen-bond acceptors (Lipinski definition) is 2. The fraction of sp³-hybridized carbons (Fsp3) is 0.900. The first kappa shape index (κ1) is 12.4. The zero-order valence-corrected chi connectivity index (χ0v) is 9.30. The van der Waals surface area contributed by atoms with Gasteiger partial charge in [-0.1, -0.05) is 6.92 Å². The van der Waals surface area contributed by atoms with Crippen molar-refractivity contribution in [3.63, 3.8) is 0 Å². The molecule has 0 N–H and O–H groups in total. The maximum Gasteiger partial charge on any atom is 0.305 e. The Bertz CT molecular complexity index is 149. The van der Waals surface area contributed by atoms with E-state index in [1.165, 1.54) is 0 Å². The van der Waals surface area contributed by atoms with Crippen LogP contribution in [0.2, 0.25) is 0 Å². The Balaban J connectivity index is 3.22. The van der Waals surface area contributed by atoms with Crippen LogP contribution in [0.15, 0.2) is 0 Å². The van der Waals surface area contributed by atoms with E-state index in [0.717, 1.165) is 23.9 Å². The van der Waals surface area contributed by atoms with E-state index < -0.39 is 0 Å². The van der Waals surface area contributed by atoms with Crippen LogP contribution in [-0.2, 0) is 9.53 Å². The second kappa shape index (κ2) is 5.97. The fourth-order valence-electron chi connectivity index (χ4n) is 0.976. The van der Waals surface area contributed by atoms with E-state index in [0.29, 0.717) is 13.0 Å². The van der Waals surface area contributed by atoms with Gasteiger partial charge in [-0.05, 0) is 12.8 Å². The summed E-state index contributed by atoms with van der Waals surface area (Å²) in [6, 6.07) is 0. The van der Waals surface area contributed by atoms with Gasteiger partial charge in [0.2, 0.25) is 0 Å². The summed E-state index contributed by atoms with van der Waals surface area (Å²) in [5.41, 5.74) is 0. The van der Waals surface area contributed by atoms with E-state index >= 15 is 0 Å². The Morgan fingerprint density at radius 3 is 2.31 bits per heavy atom. The summed E-state index contributed by atoms with van der Waals surface area (Å²) >= 11 is 0. The second-order valence-corrected chi connectivity index (χ2v) is 4.30. The summed E-state index contributed by atoms with van der Waals surface area (Å²) in [6.45, 7) is 3.52. The molecule has 3 nitrogen and oxygen atoms in total. The molecule has 0 aliphatic carbocycles. The summed E-state index contributed by atoms with van der Waals surface area (Å²) in [6.07, 6.45) is 2.57. The van der Waals surface area contributed by atoms with E-state index in [9.17, 15) is 4.79 Å². The van der Waals surface area contributed by atoms with Crippen molar-refractivity contribution in [3.05, 3.63) is 0 Å². The minimum atomic E-state index is -0.0924. The predicted octanol–water partition coefficient (Wildman–Crippen LogP) is 1.43. The molecule has 0 radical (unpaired) electrons. The van der Waals surface area contributed by atoms with Crippen LogP contribution in [0, 0.1) is 0 Å². The van der Waals surface area contributed by atoms with Gasteiger partial charge in [-0.25, -0.2) is 0 Å². The normalized spacial score (nSPS) is 11.4. The largest absolute Gasteiger partial charge is 0.466 e. The first-order valence-electron chi connectivity index (χ1n) is 4.92. The highest BCUT2D eigenvalue weighted by atomic mass is 16.5. The highest BCUT2D eigenvalue weighted by Gasteiger charge is 2.05. The number of ether oxygens (including phenoxy) is 1. The molecule has 0 aliphatic rings.